The van der Waals surface area contributed by atoms with Crippen LogP contribution >= 0.6 is 0 Å². The number of carbonyl (C=O) groups excluding carboxylic acids is 1. The van der Waals surface area contributed by atoms with Gasteiger partial charge < -0.3 is 15.2 Å². The normalized spacial score (nSPS) is 12.2. The summed E-state index contributed by atoms with van der Waals surface area (Å²) < 4.78 is 5.64. The molecule has 0 spiro atoms. The van der Waals surface area contributed by atoms with Crippen LogP contribution in [-0.2, 0) is 4.79 Å². The van der Waals surface area contributed by atoms with Gasteiger partial charge in [-0.05, 0) is 30.9 Å². The average Bonchev–Trinajstić information content (AvgIpc) is 2.42. The summed E-state index contributed by atoms with van der Waals surface area (Å²) in [4.78, 5) is 11.7. The first-order valence-electron chi connectivity index (χ1n) is 7.13. The zero-order valence-corrected chi connectivity index (χ0v) is 12.6. The fourth-order valence-electron chi connectivity index (χ4n) is 1.84. The maximum atomic E-state index is 11.7. The number of amides is 1. The molecule has 20 heavy (non-hydrogen) atoms. The predicted molar refractivity (Wildman–Crippen MR) is 79.8 cm³/mol. The highest BCUT2D eigenvalue weighted by Gasteiger charge is 2.14. The zero-order valence-electron chi connectivity index (χ0n) is 12.6. The second-order valence-corrected chi connectivity index (χ2v) is 5.32. The van der Waals surface area contributed by atoms with Gasteiger partial charge in [-0.1, -0.05) is 32.0 Å². The van der Waals surface area contributed by atoms with Crippen LogP contribution in [-0.4, -0.2) is 30.3 Å². The maximum Gasteiger partial charge on any atom is 0.220 e. The maximum absolute atomic E-state index is 11.7. The number of para-hydroxylation sites is 1. The van der Waals surface area contributed by atoms with E-state index >= 15 is 0 Å². The molecular weight excluding hydrogens is 254 g/mol. The zero-order chi connectivity index (χ0) is 15.0. The Morgan fingerprint density at radius 3 is 2.65 bits per heavy atom. The second kappa shape index (κ2) is 8.59. The van der Waals surface area contributed by atoms with Crippen molar-refractivity contribution >= 4 is 5.91 Å². The molecule has 1 unspecified atom stereocenters. The van der Waals surface area contributed by atoms with E-state index in [1.54, 1.807) is 0 Å². The molecule has 1 aromatic carbocycles. The lowest BCUT2D eigenvalue weighted by molar-refractivity contribution is -0.122. The molecule has 0 aliphatic rings. The van der Waals surface area contributed by atoms with E-state index in [-0.39, 0.29) is 24.5 Å². The van der Waals surface area contributed by atoms with E-state index in [1.165, 1.54) is 0 Å². The van der Waals surface area contributed by atoms with E-state index < -0.39 is 0 Å². The molecule has 4 nitrogen and oxygen atoms in total. The van der Waals surface area contributed by atoms with Crippen LogP contribution in [0.5, 0.6) is 5.75 Å². The van der Waals surface area contributed by atoms with Gasteiger partial charge in [0.25, 0.3) is 0 Å². The Labute approximate surface area is 121 Å². The Kier molecular flexibility index (Phi) is 7.09. The van der Waals surface area contributed by atoms with Crippen LogP contribution in [0, 0.1) is 12.8 Å². The molecule has 0 aromatic heterocycles. The molecular formula is C16H25NO3. The highest BCUT2D eigenvalue weighted by Crippen LogP contribution is 2.16. The molecule has 0 aliphatic carbocycles. The number of aryl methyl sites for hydroxylation is 1. The third-order valence-electron chi connectivity index (χ3n) is 3.25. The lowest BCUT2D eigenvalue weighted by Gasteiger charge is -2.19. The van der Waals surface area contributed by atoms with Gasteiger partial charge in [0.1, 0.15) is 5.75 Å². The van der Waals surface area contributed by atoms with Crippen molar-refractivity contribution in [3.05, 3.63) is 29.8 Å². The number of hydrogen-bond acceptors (Lipinski definition) is 3. The first-order valence-corrected chi connectivity index (χ1v) is 7.13. The van der Waals surface area contributed by atoms with E-state index in [0.29, 0.717) is 19.4 Å². The van der Waals surface area contributed by atoms with Gasteiger partial charge >= 0.3 is 0 Å². The average molecular weight is 279 g/mol. The molecule has 1 aromatic rings. The van der Waals surface area contributed by atoms with Crippen molar-refractivity contribution in [2.75, 3.05) is 13.2 Å². The summed E-state index contributed by atoms with van der Waals surface area (Å²) >= 11 is 0. The van der Waals surface area contributed by atoms with Gasteiger partial charge in [0.15, 0.2) is 0 Å². The standard InChI is InChI=1S/C16H25NO3/c1-12(2)14(11-18)17-16(19)9-6-10-20-15-8-5-4-7-13(15)3/h4-5,7-8,12,14,18H,6,9-11H2,1-3H3,(H,17,19). The van der Waals surface area contributed by atoms with Crippen molar-refractivity contribution in [1.82, 2.24) is 5.32 Å². The molecule has 0 saturated carbocycles. The lowest BCUT2D eigenvalue weighted by atomic mass is 10.1. The second-order valence-electron chi connectivity index (χ2n) is 5.32. The number of aliphatic hydroxyl groups is 1. The van der Waals surface area contributed by atoms with Gasteiger partial charge in [-0.15, -0.1) is 0 Å². The molecule has 0 aliphatic heterocycles. The van der Waals surface area contributed by atoms with Crippen LogP contribution in [0.1, 0.15) is 32.3 Å². The van der Waals surface area contributed by atoms with Crippen molar-refractivity contribution in [1.29, 1.82) is 0 Å². The van der Waals surface area contributed by atoms with Gasteiger partial charge in [0, 0.05) is 6.42 Å². The van der Waals surface area contributed by atoms with Crippen LogP contribution in [0.2, 0.25) is 0 Å². The van der Waals surface area contributed by atoms with Gasteiger partial charge in [0.2, 0.25) is 5.91 Å². The number of carbonyl (C=O) groups is 1. The summed E-state index contributed by atoms with van der Waals surface area (Å²) in [6, 6.07) is 7.66. The van der Waals surface area contributed by atoms with Gasteiger partial charge in [0.05, 0.1) is 19.3 Å². The van der Waals surface area contributed by atoms with Crippen molar-refractivity contribution in [3.63, 3.8) is 0 Å². The molecule has 1 rings (SSSR count). The van der Waals surface area contributed by atoms with Crippen LogP contribution in [0.4, 0.5) is 0 Å². The molecule has 4 heteroatoms. The Morgan fingerprint density at radius 2 is 2.05 bits per heavy atom. The topological polar surface area (TPSA) is 58.6 Å². The smallest absolute Gasteiger partial charge is 0.220 e. The molecule has 1 amide bonds. The van der Waals surface area contributed by atoms with Crippen LogP contribution in [0.25, 0.3) is 0 Å². The first-order chi connectivity index (χ1) is 9.54. The van der Waals surface area contributed by atoms with E-state index in [2.05, 4.69) is 5.32 Å². The quantitative estimate of drug-likeness (QED) is 0.718. The molecule has 0 bridgehead atoms. The third kappa shape index (κ3) is 5.61. The van der Waals surface area contributed by atoms with Crippen LogP contribution in [0.15, 0.2) is 24.3 Å². The number of benzene rings is 1. The minimum Gasteiger partial charge on any atom is -0.493 e. The Bertz CT molecular complexity index is 418. The van der Waals surface area contributed by atoms with Gasteiger partial charge in [-0.25, -0.2) is 0 Å². The van der Waals surface area contributed by atoms with E-state index in [0.717, 1.165) is 11.3 Å². The summed E-state index contributed by atoms with van der Waals surface area (Å²) in [5.41, 5.74) is 1.09. The summed E-state index contributed by atoms with van der Waals surface area (Å²) in [6.45, 7) is 6.44. The third-order valence-corrected chi connectivity index (χ3v) is 3.25. The summed E-state index contributed by atoms with van der Waals surface area (Å²) in [6.07, 6.45) is 1.07. The fraction of sp³-hybridized carbons (Fsp3) is 0.562. The van der Waals surface area contributed by atoms with E-state index in [1.807, 2.05) is 45.0 Å². The number of nitrogens with one attached hydrogen (secondary N) is 1. The molecule has 1 atom stereocenters. The first kappa shape index (κ1) is 16.5. The van der Waals surface area contributed by atoms with E-state index in [9.17, 15) is 4.79 Å². The molecule has 0 heterocycles. The number of rotatable bonds is 8. The Morgan fingerprint density at radius 1 is 1.35 bits per heavy atom. The highest BCUT2D eigenvalue weighted by molar-refractivity contribution is 5.76. The Balaban J connectivity index is 2.24. The van der Waals surface area contributed by atoms with E-state index in [4.69, 9.17) is 9.84 Å². The fourth-order valence-corrected chi connectivity index (χ4v) is 1.84. The minimum absolute atomic E-state index is 0.0247. The summed E-state index contributed by atoms with van der Waals surface area (Å²) in [5, 5.41) is 12.0. The molecule has 2 N–H and O–H groups in total. The molecule has 112 valence electrons. The largest absolute Gasteiger partial charge is 0.493 e. The monoisotopic (exact) mass is 279 g/mol. The minimum atomic E-state index is -0.167. The van der Waals surface area contributed by atoms with Gasteiger partial charge in [-0.2, -0.15) is 0 Å². The predicted octanol–water partition coefficient (Wildman–Crippen LogP) is 2.29. The van der Waals surface area contributed by atoms with Crippen molar-refractivity contribution < 1.29 is 14.6 Å². The van der Waals surface area contributed by atoms with Crippen molar-refractivity contribution in [3.8, 4) is 5.75 Å². The van der Waals surface area contributed by atoms with Crippen molar-refractivity contribution in [2.24, 2.45) is 5.92 Å². The lowest BCUT2D eigenvalue weighted by Crippen LogP contribution is -2.41. The highest BCUT2D eigenvalue weighted by atomic mass is 16.5. The van der Waals surface area contributed by atoms with Gasteiger partial charge in [-0.3, -0.25) is 4.79 Å². The molecule has 0 radical (unpaired) electrons. The molecule has 0 fully saturated rings. The van der Waals surface area contributed by atoms with Crippen molar-refractivity contribution in [2.45, 2.75) is 39.7 Å². The van der Waals surface area contributed by atoms with Crippen LogP contribution in [0.3, 0.4) is 0 Å². The summed E-state index contributed by atoms with van der Waals surface area (Å²) in [7, 11) is 0. The number of aliphatic hydroxyl groups excluding tert-OH is 1. The number of hydrogen-bond donors (Lipinski definition) is 2. The number of ether oxygens (including phenoxy) is 1. The Hall–Kier alpha value is -1.55. The summed E-state index contributed by atoms with van der Waals surface area (Å²) in [5.74, 6) is 1.06. The SMILES string of the molecule is Cc1ccccc1OCCCC(=O)NC(CO)C(C)C. The molecule has 0 saturated heterocycles. The van der Waals surface area contributed by atoms with Crippen LogP contribution < -0.4 is 10.1 Å².